The van der Waals surface area contributed by atoms with Crippen molar-refractivity contribution in [2.45, 2.75) is 39.2 Å². The Kier molecular flexibility index (Phi) is 10.3. The van der Waals surface area contributed by atoms with Gasteiger partial charge in [0.25, 0.3) is 5.91 Å². The molecule has 42 heavy (non-hydrogen) atoms. The Balaban J connectivity index is 0.000000616. The van der Waals surface area contributed by atoms with E-state index in [-0.39, 0.29) is 18.4 Å². The van der Waals surface area contributed by atoms with Gasteiger partial charge in [-0.3, -0.25) is 4.79 Å². The molecule has 2 atom stereocenters. The van der Waals surface area contributed by atoms with E-state index >= 15 is 0 Å². The molecule has 0 aliphatic carbocycles. The van der Waals surface area contributed by atoms with Crippen molar-refractivity contribution in [1.82, 2.24) is 19.5 Å². The fourth-order valence-corrected chi connectivity index (χ4v) is 4.06. The van der Waals surface area contributed by atoms with Gasteiger partial charge in [-0.05, 0) is 31.0 Å². The molecule has 4 heterocycles. The van der Waals surface area contributed by atoms with E-state index in [4.69, 9.17) is 14.6 Å². The summed E-state index contributed by atoms with van der Waals surface area (Å²) < 4.78 is 39.0. The van der Waals surface area contributed by atoms with Gasteiger partial charge in [0.1, 0.15) is 30.3 Å². The zero-order valence-electron chi connectivity index (χ0n) is 23.1. The number of anilines is 1. The number of aliphatic carboxylic acids is 1. The monoisotopic (exact) mass is 592 g/mol. The SMILES string of the molecule is CC(C)[C@@H](O)C(=O)N1CCN(c2ccc(-c3cc(OC[C@@H](C)O)cn4ncc(C#N)c34)cn2)CC1.O=C(O)C(F)(F)F. The van der Waals surface area contributed by atoms with E-state index in [0.717, 1.165) is 16.9 Å². The predicted octanol–water partition coefficient (Wildman–Crippen LogP) is 2.33. The number of piperazine rings is 1. The highest BCUT2D eigenvalue weighted by molar-refractivity contribution is 5.85. The van der Waals surface area contributed by atoms with Crippen molar-refractivity contribution in [3.8, 4) is 22.9 Å². The molecule has 1 saturated heterocycles. The van der Waals surface area contributed by atoms with Crippen molar-refractivity contribution < 1.29 is 42.8 Å². The highest BCUT2D eigenvalue weighted by Gasteiger charge is 2.38. The molecule has 3 aromatic rings. The number of ether oxygens (including phenoxy) is 1. The molecule has 226 valence electrons. The molecule has 0 radical (unpaired) electrons. The van der Waals surface area contributed by atoms with Gasteiger partial charge < -0.3 is 29.9 Å². The molecule has 1 aliphatic rings. The molecule has 15 heteroatoms. The number of hydrogen-bond acceptors (Lipinski definition) is 9. The van der Waals surface area contributed by atoms with E-state index in [9.17, 15) is 33.4 Å². The number of amides is 1. The maximum Gasteiger partial charge on any atom is 0.490 e. The third kappa shape index (κ3) is 7.86. The molecule has 0 bridgehead atoms. The molecule has 12 nitrogen and oxygen atoms in total. The van der Waals surface area contributed by atoms with Gasteiger partial charge in [-0.25, -0.2) is 14.3 Å². The third-order valence-electron chi connectivity index (χ3n) is 6.30. The maximum absolute atomic E-state index is 12.4. The van der Waals surface area contributed by atoms with Gasteiger partial charge in [-0.2, -0.15) is 23.5 Å². The van der Waals surface area contributed by atoms with Gasteiger partial charge in [-0.1, -0.05) is 13.8 Å². The first-order chi connectivity index (χ1) is 19.7. The minimum atomic E-state index is -5.08. The number of carboxylic acids is 1. The van der Waals surface area contributed by atoms with Crippen LogP contribution >= 0.6 is 0 Å². The van der Waals surface area contributed by atoms with Gasteiger partial charge in [0.2, 0.25) is 0 Å². The molecule has 0 aromatic carbocycles. The summed E-state index contributed by atoms with van der Waals surface area (Å²) in [4.78, 5) is 29.8. The molecule has 0 unspecified atom stereocenters. The van der Waals surface area contributed by atoms with Crippen LogP contribution in [-0.4, -0.2) is 97.9 Å². The zero-order valence-corrected chi connectivity index (χ0v) is 23.1. The lowest BCUT2D eigenvalue weighted by Crippen LogP contribution is -2.52. The normalized spacial score (nSPS) is 15.0. The van der Waals surface area contributed by atoms with Crippen LogP contribution in [0, 0.1) is 17.2 Å². The Morgan fingerprint density at radius 2 is 1.76 bits per heavy atom. The summed E-state index contributed by atoms with van der Waals surface area (Å²) in [5.41, 5.74) is 2.64. The molecule has 3 aromatic heterocycles. The van der Waals surface area contributed by atoms with Crippen LogP contribution in [0.3, 0.4) is 0 Å². The van der Waals surface area contributed by atoms with Crippen molar-refractivity contribution in [2.24, 2.45) is 5.92 Å². The van der Waals surface area contributed by atoms with Crippen LogP contribution in [0.5, 0.6) is 5.75 Å². The zero-order chi connectivity index (χ0) is 31.2. The van der Waals surface area contributed by atoms with Crippen LogP contribution < -0.4 is 9.64 Å². The van der Waals surface area contributed by atoms with Crippen LogP contribution in [0.2, 0.25) is 0 Å². The number of carbonyl (C=O) groups excluding carboxylic acids is 1. The highest BCUT2D eigenvalue weighted by Crippen LogP contribution is 2.31. The smallest absolute Gasteiger partial charge is 0.489 e. The lowest BCUT2D eigenvalue weighted by Gasteiger charge is -2.36. The standard InChI is InChI=1S/C25H30N6O4.C2HF3O2/c1-16(2)24(33)25(34)30-8-6-29(7-9-30)22-5-4-18(12-27-22)21-10-20(35-15-17(3)32)14-31-23(21)19(11-26)13-28-31;3-2(4,5)1(6)7/h4-5,10,12-14,16-17,24,32-33H,6-9,15H2,1-3H3;(H,6,7)/t17-,24-;/m1./s1. The third-order valence-corrected chi connectivity index (χ3v) is 6.30. The topological polar surface area (TPSA) is 165 Å². The Hall–Kier alpha value is -4.42. The number of aliphatic hydroxyl groups is 2. The van der Waals surface area contributed by atoms with Crippen molar-refractivity contribution >= 4 is 23.2 Å². The number of nitrogens with zero attached hydrogens (tertiary/aromatic N) is 6. The molecule has 1 fully saturated rings. The van der Waals surface area contributed by atoms with Crippen molar-refractivity contribution in [3.63, 3.8) is 0 Å². The van der Waals surface area contributed by atoms with Gasteiger partial charge in [0, 0.05) is 43.5 Å². The quantitative estimate of drug-likeness (QED) is 0.371. The lowest BCUT2D eigenvalue weighted by atomic mass is 10.0. The number of halogens is 3. The summed E-state index contributed by atoms with van der Waals surface area (Å²) in [5.74, 6) is -1.79. The summed E-state index contributed by atoms with van der Waals surface area (Å²) in [6.45, 7) is 7.73. The van der Waals surface area contributed by atoms with Crippen molar-refractivity contribution in [2.75, 3.05) is 37.7 Å². The number of carboxylic acid groups (broad SMARTS) is 1. The number of carbonyl (C=O) groups is 2. The summed E-state index contributed by atoms with van der Waals surface area (Å²) >= 11 is 0. The Bertz CT molecular complexity index is 1430. The van der Waals surface area contributed by atoms with Gasteiger partial charge in [0.05, 0.1) is 29.6 Å². The number of aliphatic hydroxyl groups excluding tert-OH is 2. The number of alkyl halides is 3. The Morgan fingerprint density at radius 1 is 1.12 bits per heavy atom. The van der Waals surface area contributed by atoms with Crippen LogP contribution in [0.25, 0.3) is 16.6 Å². The highest BCUT2D eigenvalue weighted by atomic mass is 19.4. The minimum Gasteiger partial charge on any atom is -0.489 e. The molecule has 0 spiro atoms. The number of aromatic nitrogens is 3. The van der Waals surface area contributed by atoms with Crippen molar-refractivity contribution in [3.05, 3.63) is 42.4 Å². The van der Waals surface area contributed by atoms with E-state index < -0.39 is 24.4 Å². The minimum absolute atomic E-state index is 0.116. The van der Waals surface area contributed by atoms with E-state index in [1.807, 2.05) is 32.0 Å². The number of pyridine rings is 2. The Labute approximate surface area is 239 Å². The first-order valence-electron chi connectivity index (χ1n) is 12.9. The first-order valence-corrected chi connectivity index (χ1v) is 12.9. The number of rotatable bonds is 7. The van der Waals surface area contributed by atoms with Gasteiger partial charge >= 0.3 is 12.1 Å². The summed E-state index contributed by atoms with van der Waals surface area (Å²) in [6, 6.07) is 7.85. The van der Waals surface area contributed by atoms with Crippen LogP contribution in [0.4, 0.5) is 19.0 Å². The van der Waals surface area contributed by atoms with Crippen LogP contribution in [0.15, 0.2) is 36.8 Å². The van der Waals surface area contributed by atoms with Crippen LogP contribution in [-0.2, 0) is 9.59 Å². The average molecular weight is 593 g/mol. The van der Waals surface area contributed by atoms with Crippen LogP contribution in [0.1, 0.15) is 26.3 Å². The maximum atomic E-state index is 12.4. The lowest BCUT2D eigenvalue weighted by molar-refractivity contribution is -0.192. The molecule has 3 N–H and O–H groups in total. The van der Waals surface area contributed by atoms with Gasteiger partial charge in [-0.15, -0.1) is 0 Å². The van der Waals surface area contributed by atoms with Gasteiger partial charge in [0.15, 0.2) is 0 Å². The molecular weight excluding hydrogens is 561 g/mol. The van der Waals surface area contributed by atoms with E-state index in [1.54, 1.807) is 28.7 Å². The second-order valence-corrected chi connectivity index (χ2v) is 9.92. The summed E-state index contributed by atoms with van der Waals surface area (Å²) in [5, 5.41) is 40.6. The summed E-state index contributed by atoms with van der Waals surface area (Å²) in [7, 11) is 0. The second-order valence-electron chi connectivity index (χ2n) is 9.92. The number of hydrogen-bond donors (Lipinski definition) is 3. The largest absolute Gasteiger partial charge is 0.490 e. The average Bonchev–Trinajstić information content (AvgIpc) is 3.38. The Morgan fingerprint density at radius 3 is 2.26 bits per heavy atom. The number of fused-ring (bicyclic) bond motifs is 1. The van der Waals surface area contributed by atoms with Crippen molar-refractivity contribution in [1.29, 1.82) is 5.26 Å². The molecular formula is C27H31F3N6O6. The predicted molar refractivity (Wildman–Crippen MR) is 144 cm³/mol. The molecule has 4 rings (SSSR count). The molecule has 1 aliphatic heterocycles. The van der Waals surface area contributed by atoms with E-state index in [0.29, 0.717) is 43.0 Å². The molecule has 1 amide bonds. The fourth-order valence-electron chi connectivity index (χ4n) is 4.06. The number of nitriles is 1. The molecule has 0 saturated carbocycles. The van der Waals surface area contributed by atoms with E-state index in [2.05, 4.69) is 21.1 Å². The second kappa shape index (κ2) is 13.5. The summed E-state index contributed by atoms with van der Waals surface area (Å²) in [6.07, 6.45) is -1.74. The fraction of sp³-hybridized carbons (Fsp3) is 0.444. The first kappa shape index (κ1) is 32.1. The van der Waals surface area contributed by atoms with E-state index in [1.165, 1.54) is 6.20 Å².